The molecule has 0 saturated carbocycles. The maximum absolute atomic E-state index is 12.9. The van der Waals surface area contributed by atoms with Crippen LogP contribution in [0.15, 0.2) is 48.9 Å². The fourth-order valence-corrected chi connectivity index (χ4v) is 3.19. The van der Waals surface area contributed by atoms with Gasteiger partial charge in [-0.3, -0.25) is 4.79 Å². The zero-order chi connectivity index (χ0) is 24.2. The van der Waals surface area contributed by atoms with Gasteiger partial charge in [-0.1, -0.05) is 19.2 Å². The second-order valence-corrected chi connectivity index (χ2v) is 7.15. The van der Waals surface area contributed by atoms with Crippen LogP contribution in [0.4, 0.5) is 19.0 Å². The number of hydrogen-bond acceptors (Lipinski definition) is 7. The molecule has 0 aromatic carbocycles. The average Bonchev–Trinajstić information content (AvgIpc) is 3.24. The van der Waals surface area contributed by atoms with Crippen molar-refractivity contribution >= 4 is 22.8 Å². The van der Waals surface area contributed by atoms with Gasteiger partial charge in [-0.15, -0.1) is 13.2 Å². The third kappa shape index (κ3) is 6.08. The fraction of sp³-hybridized carbons (Fsp3) is 0.318. The first kappa shape index (κ1) is 24.2. The molecule has 3 N–H and O–H groups in total. The van der Waals surface area contributed by atoms with Gasteiger partial charge in [-0.2, -0.15) is 0 Å². The first-order valence-electron chi connectivity index (χ1n) is 9.94. The molecular formula is C22H23F3N4O4. The summed E-state index contributed by atoms with van der Waals surface area (Å²) in [5, 5.41) is 3.42. The summed E-state index contributed by atoms with van der Waals surface area (Å²) in [6, 6.07) is 0.925. The molecule has 3 rings (SSSR count). The van der Waals surface area contributed by atoms with E-state index in [2.05, 4.69) is 33.2 Å². The number of aromatic nitrogens is 2. The second-order valence-electron chi connectivity index (χ2n) is 7.15. The molecule has 33 heavy (non-hydrogen) atoms. The Balaban J connectivity index is 1.78. The highest BCUT2D eigenvalue weighted by atomic mass is 19.4. The first-order valence-corrected chi connectivity index (χ1v) is 9.94. The Labute approximate surface area is 187 Å². The van der Waals surface area contributed by atoms with Crippen LogP contribution >= 0.6 is 0 Å². The van der Waals surface area contributed by atoms with Crippen LogP contribution in [0.25, 0.3) is 11.0 Å². The van der Waals surface area contributed by atoms with E-state index in [4.69, 9.17) is 15.2 Å². The molecule has 3 heterocycles. The van der Waals surface area contributed by atoms with E-state index in [1.165, 1.54) is 12.3 Å². The van der Waals surface area contributed by atoms with Crippen LogP contribution < -0.4 is 11.1 Å². The number of alkyl halides is 3. The van der Waals surface area contributed by atoms with Crippen LogP contribution in [0.3, 0.4) is 0 Å². The van der Waals surface area contributed by atoms with Crippen molar-refractivity contribution in [3.05, 3.63) is 65.6 Å². The average molecular weight is 464 g/mol. The van der Waals surface area contributed by atoms with Crippen LogP contribution in [0.1, 0.15) is 28.4 Å². The number of fused-ring (bicyclic) bond motifs is 3. The molecule has 0 aliphatic carbocycles. The Hall–Kier alpha value is -3.44. The molecule has 0 unspecified atom stereocenters. The standard InChI is InChI=1S/C22H23F3N4O4/c1-4-31-11-18(12(2)5-6-13(3)33-22(23,24)25)28-21(30)14-7-15-16-9-32-10-17(16)19(26)29-20(15)27-8-14/h5-8,18H,2-4,9-11H2,1H3,(H,28,30)(H2,26,27,29)/b6-5-/t18-/m1/s1. The molecule has 11 heteroatoms. The molecule has 1 atom stereocenters. The molecule has 1 aliphatic heterocycles. The molecule has 176 valence electrons. The van der Waals surface area contributed by atoms with Crippen molar-refractivity contribution in [2.75, 3.05) is 18.9 Å². The number of halogens is 3. The van der Waals surface area contributed by atoms with Gasteiger partial charge in [-0.25, -0.2) is 9.97 Å². The van der Waals surface area contributed by atoms with Crippen LogP contribution in [0, 0.1) is 0 Å². The number of carbonyl (C=O) groups is 1. The van der Waals surface area contributed by atoms with E-state index in [9.17, 15) is 18.0 Å². The molecule has 1 amide bonds. The zero-order valence-electron chi connectivity index (χ0n) is 17.9. The van der Waals surface area contributed by atoms with Crippen LogP contribution in [-0.2, 0) is 27.4 Å². The summed E-state index contributed by atoms with van der Waals surface area (Å²) in [6.45, 7) is 9.86. The third-order valence-electron chi connectivity index (χ3n) is 4.82. The lowest BCUT2D eigenvalue weighted by atomic mass is 10.0. The summed E-state index contributed by atoms with van der Waals surface area (Å²) in [7, 11) is 0. The molecular weight excluding hydrogens is 441 g/mol. The number of pyridine rings is 2. The molecule has 2 aromatic rings. The van der Waals surface area contributed by atoms with E-state index in [0.717, 1.165) is 17.2 Å². The number of carbonyl (C=O) groups excluding carboxylic acids is 1. The molecule has 0 spiro atoms. The Morgan fingerprint density at radius 2 is 2.06 bits per heavy atom. The first-order chi connectivity index (χ1) is 15.6. The number of anilines is 1. The number of hydrogen-bond donors (Lipinski definition) is 2. The topological polar surface area (TPSA) is 109 Å². The number of nitrogens with two attached hydrogens (primary N) is 1. The SMILES string of the molecule is C=C(/C=C\C(=C)[C@@H](COCC)NC(=O)c1cnc2nc(N)c3c(c2c1)COC3)OC(F)(F)F. The predicted molar refractivity (Wildman–Crippen MR) is 115 cm³/mol. The van der Waals surface area contributed by atoms with E-state index in [1.54, 1.807) is 13.0 Å². The van der Waals surface area contributed by atoms with E-state index in [0.29, 0.717) is 42.2 Å². The number of allylic oxidation sites excluding steroid dienone is 1. The van der Waals surface area contributed by atoms with Gasteiger partial charge in [0.2, 0.25) is 0 Å². The monoisotopic (exact) mass is 464 g/mol. The van der Waals surface area contributed by atoms with Gasteiger partial charge >= 0.3 is 6.36 Å². The Morgan fingerprint density at radius 1 is 1.33 bits per heavy atom. The highest BCUT2D eigenvalue weighted by Gasteiger charge is 2.31. The lowest BCUT2D eigenvalue weighted by Gasteiger charge is -2.19. The highest BCUT2D eigenvalue weighted by Crippen LogP contribution is 2.30. The van der Waals surface area contributed by atoms with Crippen molar-refractivity contribution in [1.29, 1.82) is 0 Å². The summed E-state index contributed by atoms with van der Waals surface area (Å²) in [5.74, 6) is -0.749. The lowest BCUT2D eigenvalue weighted by Crippen LogP contribution is -2.39. The summed E-state index contributed by atoms with van der Waals surface area (Å²) in [4.78, 5) is 21.4. The molecule has 0 bridgehead atoms. The van der Waals surface area contributed by atoms with Gasteiger partial charge in [0, 0.05) is 23.8 Å². The predicted octanol–water partition coefficient (Wildman–Crippen LogP) is 3.54. The lowest BCUT2D eigenvalue weighted by molar-refractivity contribution is -0.303. The van der Waals surface area contributed by atoms with Crippen molar-refractivity contribution in [3.63, 3.8) is 0 Å². The zero-order valence-corrected chi connectivity index (χ0v) is 17.9. The highest BCUT2D eigenvalue weighted by molar-refractivity contribution is 5.98. The van der Waals surface area contributed by atoms with Gasteiger partial charge in [0.1, 0.15) is 11.6 Å². The molecule has 2 aromatic heterocycles. The van der Waals surface area contributed by atoms with Crippen molar-refractivity contribution in [1.82, 2.24) is 15.3 Å². The van der Waals surface area contributed by atoms with E-state index in [1.807, 2.05) is 0 Å². The molecule has 1 aliphatic rings. The number of ether oxygens (including phenoxy) is 3. The smallest absolute Gasteiger partial charge is 0.406 e. The second kappa shape index (κ2) is 10.0. The number of amides is 1. The van der Waals surface area contributed by atoms with E-state index < -0.39 is 24.1 Å². The minimum Gasteiger partial charge on any atom is -0.406 e. The van der Waals surface area contributed by atoms with E-state index >= 15 is 0 Å². The van der Waals surface area contributed by atoms with Gasteiger partial charge < -0.3 is 25.3 Å². The largest absolute Gasteiger partial charge is 0.573 e. The van der Waals surface area contributed by atoms with Crippen molar-refractivity contribution in [3.8, 4) is 0 Å². The quantitative estimate of drug-likeness (QED) is 0.432. The number of nitrogen functional groups attached to an aromatic ring is 1. The van der Waals surface area contributed by atoms with Gasteiger partial charge in [0.25, 0.3) is 5.91 Å². The fourth-order valence-electron chi connectivity index (χ4n) is 3.19. The van der Waals surface area contributed by atoms with Gasteiger partial charge in [-0.05, 0) is 30.2 Å². The summed E-state index contributed by atoms with van der Waals surface area (Å²) < 4.78 is 51.4. The Kier molecular flexibility index (Phi) is 7.34. The maximum Gasteiger partial charge on any atom is 0.573 e. The Morgan fingerprint density at radius 3 is 2.76 bits per heavy atom. The van der Waals surface area contributed by atoms with E-state index in [-0.39, 0.29) is 12.2 Å². The molecule has 0 saturated heterocycles. The van der Waals surface area contributed by atoms with Crippen molar-refractivity contribution < 1.29 is 32.2 Å². The molecule has 8 nitrogen and oxygen atoms in total. The Bertz CT molecular complexity index is 1110. The van der Waals surface area contributed by atoms with Gasteiger partial charge in [0.15, 0.2) is 5.65 Å². The van der Waals surface area contributed by atoms with Crippen LogP contribution in [0.2, 0.25) is 0 Å². The summed E-state index contributed by atoms with van der Waals surface area (Å²) in [5.41, 5.74) is 8.50. The number of nitrogens with one attached hydrogen (secondary N) is 1. The maximum atomic E-state index is 12.9. The number of nitrogens with zero attached hydrogens (tertiary/aromatic N) is 2. The normalized spacial score (nSPS) is 14.3. The van der Waals surface area contributed by atoms with Crippen molar-refractivity contribution in [2.45, 2.75) is 32.5 Å². The van der Waals surface area contributed by atoms with Gasteiger partial charge in [0.05, 0.1) is 31.4 Å². The number of rotatable bonds is 9. The molecule has 0 radical (unpaired) electrons. The van der Waals surface area contributed by atoms with Crippen LogP contribution in [0.5, 0.6) is 0 Å². The summed E-state index contributed by atoms with van der Waals surface area (Å²) in [6.07, 6.45) is -1.21. The van der Waals surface area contributed by atoms with Crippen molar-refractivity contribution in [2.24, 2.45) is 0 Å². The molecule has 0 fully saturated rings. The minimum absolute atomic E-state index is 0.0559. The third-order valence-corrected chi connectivity index (χ3v) is 4.82. The minimum atomic E-state index is -4.85. The summed E-state index contributed by atoms with van der Waals surface area (Å²) >= 11 is 0. The van der Waals surface area contributed by atoms with Crippen LogP contribution in [-0.4, -0.2) is 41.5 Å².